The van der Waals surface area contributed by atoms with Gasteiger partial charge in [0.05, 0.1) is 12.3 Å². The molecule has 1 saturated heterocycles. The molecule has 0 amide bonds. The molecule has 0 aliphatic carbocycles. The summed E-state index contributed by atoms with van der Waals surface area (Å²) in [6, 6.07) is 17.2. The lowest BCUT2D eigenvalue weighted by molar-refractivity contribution is 0.256. The van der Waals surface area contributed by atoms with E-state index in [1.807, 2.05) is 13.0 Å². The Balaban J connectivity index is 1.38. The predicted octanol–water partition coefficient (Wildman–Crippen LogP) is 4.27. The van der Waals surface area contributed by atoms with Gasteiger partial charge in [0.1, 0.15) is 5.75 Å². The van der Waals surface area contributed by atoms with Gasteiger partial charge in [-0.1, -0.05) is 31.2 Å². The second kappa shape index (κ2) is 10.2. The van der Waals surface area contributed by atoms with E-state index in [1.54, 1.807) is 0 Å². The molecule has 1 aliphatic rings. The molecule has 0 atom stereocenters. The molecule has 0 bridgehead atoms. The second-order valence-corrected chi connectivity index (χ2v) is 7.06. The van der Waals surface area contributed by atoms with Crippen LogP contribution in [-0.4, -0.2) is 50.8 Å². The van der Waals surface area contributed by atoms with Crippen LogP contribution in [0.1, 0.15) is 25.8 Å². The molecule has 0 saturated carbocycles. The average Bonchev–Trinajstić information content (AvgIpc) is 2.73. The first kappa shape index (κ1) is 19.6. The summed E-state index contributed by atoms with van der Waals surface area (Å²) in [5, 5.41) is 3.54. The molecule has 4 heteroatoms. The van der Waals surface area contributed by atoms with E-state index in [0.717, 1.165) is 51.4 Å². The largest absolute Gasteiger partial charge is 0.492 e. The Morgan fingerprint density at radius 2 is 1.67 bits per heavy atom. The third kappa shape index (κ3) is 5.64. The van der Waals surface area contributed by atoms with Crippen molar-refractivity contribution in [3.63, 3.8) is 0 Å². The van der Waals surface area contributed by atoms with E-state index < -0.39 is 0 Å². The van der Waals surface area contributed by atoms with Crippen molar-refractivity contribution in [3.05, 3.63) is 54.1 Å². The number of piperazine rings is 1. The van der Waals surface area contributed by atoms with Crippen molar-refractivity contribution in [2.45, 2.75) is 26.7 Å². The van der Waals surface area contributed by atoms with Gasteiger partial charge in [-0.25, -0.2) is 0 Å². The highest BCUT2D eigenvalue weighted by Crippen LogP contribution is 2.28. The Morgan fingerprint density at radius 1 is 0.926 bits per heavy atom. The van der Waals surface area contributed by atoms with Gasteiger partial charge in [-0.2, -0.15) is 0 Å². The number of benzene rings is 2. The van der Waals surface area contributed by atoms with Crippen molar-refractivity contribution in [1.82, 2.24) is 4.90 Å². The van der Waals surface area contributed by atoms with Crippen molar-refractivity contribution in [2.24, 2.45) is 0 Å². The first-order valence-corrected chi connectivity index (χ1v) is 10.3. The van der Waals surface area contributed by atoms with Crippen molar-refractivity contribution in [2.75, 3.05) is 56.1 Å². The van der Waals surface area contributed by atoms with Gasteiger partial charge in [0.2, 0.25) is 0 Å². The first-order chi connectivity index (χ1) is 13.3. The fraction of sp³-hybridized carbons (Fsp3) is 0.478. The molecule has 0 aromatic heterocycles. The maximum absolute atomic E-state index is 5.79. The topological polar surface area (TPSA) is 27.7 Å². The maximum Gasteiger partial charge on any atom is 0.142 e. The maximum atomic E-state index is 5.79. The minimum atomic E-state index is 0.713. The molecule has 0 spiro atoms. The van der Waals surface area contributed by atoms with Crippen LogP contribution in [0.5, 0.6) is 5.75 Å². The standard InChI is InChI=1S/C23H33N3O/c1-3-20-10-12-21(13-11-20)24-14-7-15-25-16-18-26(19-17-25)22-8-5-6-9-23(22)27-4-2/h5-6,8-13,24H,3-4,7,14-19H2,1-2H3. The van der Waals surface area contributed by atoms with Crippen LogP contribution in [0.25, 0.3) is 0 Å². The van der Waals surface area contributed by atoms with E-state index in [-0.39, 0.29) is 0 Å². The zero-order valence-electron chi connectivity index (χ0n) is 16.8. The van der Waals surface area contributed by atoms with Gasteiger partial charge >= 0.3 is 0 Å². The van der Waals surface area contributed by atoms with Gasteiger partial charge in [0, 0.05) is 38.4 Å². The van der Waals surface area contributed by atoms with Crippen LogP contribution in [0.4, 0.5) is 11.4 Å². The van der Waals surface area contributed by atoms with Crippen LogP contribution < -0.4 is 15.0 Å². The van der Waals surface area contributed by atoms with E-state index in [0.29, 0.717) is 6.61 Å². The van der Waals surface area contributed by atoms with Gasteiger partial charge in [-0.15, -0.1) is 0 Å². The number of aryl methyl sites for hydroxylation is 1. The molecule has 146 valence electrons. The summed E-state index contributed by atoms with van der Waals surface area (Å²) in [7, 11) is 0. The smallest absolute Gasteiger partial charge is 0.142 e. The molecule has 1 aliphatic heterocycles. The van der Waals surface area contributed by atoms with E-state index in [4.69, 9.17) is 4.74 Å². The summed E-state index contributed by atoms with van der Waals surface area (Å²) in [5.74, 6) is 1.01. The normalized spacial score (nSPS) is 15.0. The van der Waals surface area contributed by atoms with Gasteiger partial charge in [0.15, 0.2) is 0 Å². The van der Waals surface area contributed by atoms with Gasteiger partial charge in [-0.05, 0) is 56.1 Å². The molecule has 1 fully saturated rings. The molecule has 3 rings (SSSR count). The quantitative estimate of drug-likeness (QED) is 0.670. The molecule has 27 heavy (non-hydrogen) atoms. The molecule has 1 N–H and O–H groups in total. The lowest BCUT2D eigenvalue weighted by Gasteiger charge is -2.36. The molecule has 0 radical (unpaired) electrons. The monoisotopic (exact) mass is 367 g/mol. The van der Waals surface area contributed by atoms with Crippen LogP contribution in [0.3, 0.4) is 0 Å². The highest BCUT2D eigenvalue weighted by molar-refractivity contribution is 5.58. The Kier molecular flexibility index (Phi) is 7.40. The predicted molar refractivity (Wildman–Crippen MR) is 115 cm³/mol. The van der Waals surface area contributed by atoms with Crippen molar-refractivity contribution < 1.29 is 4.74 Å². The molecular formula is C23H33N3O. The van der Waals surface area contributed by atoms with Gasteiger partial charge < -0.3 is 15.0 Å². The molecule has 2 aromatic carbocycles. The van der Waals surface area contributed by atoms with E-state index >= 15 is 0 Å². The van der Waals surface area contributed by atoms with E-state index in [9.17, 15) is 0 Å². The number of rotatable bonds is 9. The minimum absolute atomic E-state index is 0.713. The molecule has 4 nitrogen and oxygen atoms in total. The lowest BCUT2D eigenvalue weighted by atomic mass is 10.1. The summed E-state index contributed by atoms with van der Waals surface area (Å²) in [5.41, 5.74) is 3.85. The van der Waals surface area contributed by atoms with Crippen LogP contribution in [0.15, 0.2) is 48.5 Å². The van der Waals surface area contributed by atoms with E-state index in [1.165, 1.54) is 23.4 Å². The summed E-state index contributed by atoms with van der Waals surface area (Å²) >= 11 is 0. The zero-order chi connectivity index (χ0) is 18.9. The Bertz CT molecular complexity index is 678. The number of hydrogen-bond donors (Lipinski definition) is 1. The molecule has 0 unspecified atom stereocenters. The van der Waals surface area contributed by atoms with Crippen LogP contribution >= 0.6 is 0 Å². The first-order valence-electron chi connectivity index (χ1n) is 10.3. The summed E-state index contributed by atoms with van der Waals surface area (Å²) in [6.45, 7) is 11.5. The van der Waals surface area contributed by atoms with Gasteiger partial charge in [0.25, 0.3) is 0 Å². The number of nitrogens with one attached hydrogen (secondary N) is 1. The SMILES string of the molecule is CCOc1ccccc1N1CCN(CCCNc2ccc(CC)cc2)CC1. The second-order valence-electron chi connectivity index (χ2n) is 7.06. The fourth-order valence-corrected chi connectivity index (χ4v) is 3.60. The minimum Gasteiger partial charge on any atom is -0.492 e. The van der Waals surface area contributed by atoms with Crippen LogP contribution in [0.2, 0.25) is 0 Å². The average molecular weight is 368 g/mol. The Morgan fingerprint density at radius 3 is 2.37 bits per heavy atom. The highest BCUT2D eigenvalue weighted by Gasteiger charge is 2.19. The van der Waals surface area contributed by atoms with Gasteiger partial charge in [-0.3, -0.25) is 4.90 Å². The summed E-state index contributed by atoms with van der Waals surface area (Å²) in [4.78, 5) is 5.02. The fourth-order valence-electron chi connectivity index (χ4n) is 3.60. The van der Waals surface area contributed by atoms with Crippen molar-refractivity contribution in [3.8, 4) is 5.75 Å². The summed E-state index contributed by atoms with van der Waals surface area (Å²) in [6.07, 6.45) is 2.27. The lowest BCUT2D eigenvalue weighted by Crippen LogP contribution is -2.47. The zero-order valence-corrected chi connectivity index (χ0v) is 16.8. The summed E-state index contributed by atoms with van der Waals surface area (Å²) < 4.78 is 5.79. The third-order valence-corrected chi connectivity index (χ3v) is 5.22. The van der Waals surface area contributed by atoms with Crippen LogP contribution in [-0.2, 0) is 6.42 Å². The number of nitrogens with zero attached hydrogens (tertiary/aromatic N) is 2. The van der Waals surface area contributed by atoms with E-state index in [2.05, 4.69) is 64.5 Å². The molecule has 2 aromatic rings. The van der Waals surface area contributed by atoms with Crippen molar-refractivity contribution in [1.29, 1.82) is 0 Å². The van der Waals surface area contributed by atoms with Crippen LogP contribution in [0, 0.1) is 0 Å². The number of ether oxygens (including phenoxy) is 1. The Hall–Kier alpha value is -2.20. The number of anilines is 2. The number of hydrogen-bond acceptors (Lipinski definition) is 4. The molecule has 1 heterocycles. The highest BCUT2D eigenvalue weighted by atomic mass is 16.5. The Labute approximate surface area is 164 Å². The number of para-hydroxylation sites is 2. The molecular weight excluding hydrogens is 334 g/mol. The van der Waals surface area contributed by atoms with Crippen molar-refractivity contribution >= 4 is 11.4 Å². The third-order valence-electron chi connectivity index (χ3n) is 5.22.